The molecule has 0 spiro atoms. The molecule has 0 bridgehead atoms. The third-order valence-electron chi connectivity index (χ3n) is 1.56. The van der Waals surface area contributed by atoms with Crippen molar-refractivity contribution >= 4 is 28.4 Å². The Balaban J connectivity index is 0. The highest BCUT2D eigenvalue weighted by atomic mass is 79.9. The van der Waals surface area contributed by atoms with E-state index in [2.05, 4.69) is 33.9 Å². The minimum absolute atomic E-state index is 0.580. The molecule has 0 amide bonds. The van der Waals surface area contributed by atoms with E-state index in [0.717, 1.165) is 23.6 Å². The summed E-state index contributed by atoms with van der Waals surface area (Å²) < 4.78 is 0. The van der Waals surface area contributed by atoms with Crippen molar-refractivity contribution in [2.45, 2.75) is 34.1 Å². The van der Waals surface area contributed by atoms with Crippen molar-refractivity contribution < 1.29 is 4.79 Å². The Morgan fingerprint density at radius 3 is 2.47 bits per heavy atom. The van der Waals surface area contributed by atoms with E-state index in [4.69, 9.17) is 0 Å². The van der Waals surface area contributed by atoms with Crippen LogP contribution in [0.2, 0.25) is 0 Å². The highest BCUT2D eigenvalue weighted by Crippen LogP contribution is 2.00. The lowest BCUT2D eigenvalue weighted by molar-refractivity contribution is -0.104. The van der Waals surface area contributed by atoms with Crippen LogP contribution >= 0.6 is 15.9 Å². The van der Waals surface area contributed by atoms with Gasteiger partial charge in [0.1, 0.15) is 0 Å². The zero-order valence-electron chi connectivity index (χ0n) is 11.1. The molecule has 0 aliphatic heterocycles. The van der Waals surface area contributed by atoms with Crippen LogP contribution in [-0.4, -0.2) is 17.8 Å². The predicted molar refractivity (Wildman–Crippen MR) is 81.0 cm³/mol. The average Bonchev–Trinajstić information content (AvgIpc) is 2.36. The number of carbonyl (C=O) groups is 1. The van der Waals surface area contributed by atoms with Crippen molar-refractivity contribution in [1.29, 1.82) is 0 Å². The van der Waals surface area contributed by atoms with Crippen LogP contribution in [0.15, 0.2) is 40.6 Å². The molecule has 2 nitrogen and oxygen atoms in total. The summed E-state index contributed by atoms with van der Waals surface area (Å²) in [6, 6.07) is 0. The van der Waals surface area contributed by atoms with Crippen LogP contribution in [0.1, 0.15) is 34.1 Å². The van der Waals surface area contributed by atoms with E-state index in [1.54, 1.807) is 12.4 Å². The Hall–Kier alpha value is -0.960. The standard InChI is InChI=1S/C12H16BrNO.C2H6/c1-3-5-11(2)8-12(10-15)9-14-7-4-6-13;1-2/h4-5,7-10H,3,6H2,1-2H3;1-2H3/b7-4+,11-5+,12-8+,14-9-;. The van der Waals surface area contributed by atoms with Gasteiger partial charge < -0.3 is 0 Å². The lowest BCUT2D eigenvalue weighted by atomic mass is 10.2. The normalized spacial score (nSPS) is 12.8. The van der Waals surface area contributed by atoms with Crippen molar-refractivity contribution in [1.82, 2.24) is 0 Å². The molecule has 0 aliphatic carbocycles. The molecule has 0 aromatic carbocycles. The quantitative estimate of drug-likeness (QED) is 0.234. The van der Waals surface area contributed by atoms with Gasteiger partial charge in [-0.1, -0.05) is 54.4 Å². The third-order valence-corrected chi connectivity index (χ3v) is 1.93. The molecule has 0 fully saturated rings. The van der Waals surface area contributed by atoms with E-state index in [1.807, 2.05) is 32.9 Å². The molecule has 0 aliphatic rings. The first kappa shape index (κ1) is 18.4. The van der Waals surface area contributed by atoms with Crippen LogP contribution in [0.5, 0.6) is 0 Å². The van der Waals surface area contributed by atoms with Gasteiger partial charge in [-0.25, -0.2) is 0 Å². The molecule has 0 saturated heterocycles. The number of alkyl halides is 1. The van der Waals surface area contributed by atoms with Gasteiger partial charge in [-0.05, 0) is 19.4 Å². The summed E-state index contributed by atoms with van der Waals surface area (Å²) >= 11 is 3.24. The highest BCUT2D eigenvalue weighted by Gasteiger charge is 1.89. The van der Waals surface area contributed by atoms with Crippen LogP contribution in [0.4, 0.5) is 0 Å². The Labute approximate surface area is 113 Å². The topological polar surface area (TPSA) is 29.4 Å². The van der Waals surface area contributed by atoms with Gasteiger partial charge in [0.05, 0.1) is 0 Å². The maximum atomic E-state index is 10.7. The van der Waals surface area contributed by atoms with Crippen molar-refractivity contribution in [3.63, 3.8) is 0 Å². The maximum Gasteiger partial charge on any atom is 0.151 e. The van der Waals surface area contributed by atoms with Gasteiger partial charge in [0, 0.05) is 23.3 Å². The molecule has 3 heteroatoms. The minimum atomic E-state index is 0.580. The largest absolute Gasteiger partial charge is 0.298 e. The Bertz CT molecular complexity index is 301. The fraction of sp³-hybridized carbons (Fsp3) is 0.429. The summed E-state index contributed by atoms with van der Waals surface area (Å²) in [5.41, 5.74) is 1.66. The number of halogens is 1. The number of aldehydes is 1. The first-order valence-corrected chi connectivity index (χ1v) is 6.94. The van der Waals surface area contributed by atoms with Crippen molar-refractivity contribution in [3.05, 3.63) is 35.6 Å². The molecule has 0 aromatic heterocycles. The van der Waals surface area contributed by atoms with Gasteiger partial charge in [-0.2, -0.15) is 0 Å². The second-order valence-corrected chi connectivity index (χ2v) is 3.58. The molecule has 0 aromatic rings. The monoisotopic (exact) mass is 299 g/mol. The Morgan fingerprint density at radius 2 is 2.00 bits per heavy atom. The first-order valence-electron chi connectivity index (χ1n) is 5.82. The van der Waals surface area contributed by atoms with Crippen molar-refractivity contribution in [3.8, 4) is 0 Å². The SMILES string of the molecule is CC.CC/C=C(C)/C=C(C=O)\C=N/C=C/CBr. The molecule has 0 unspecified atom stereocenters. The van der Waals surface area contributed by atoms with Crippen LogP contribution in [0.25, 0.3) is 0 Å². The molecule has 0 saturated carbocycles. The number of hydrogen-bond acceptors (Lipinski definition) is 2. The molecule has 0 rings (SSSR count). The van der Waals surface area contributed by atoms with Crippen LogP contribution in [0.3, 0.4) is 0 Å². The summed E-state index contributed by atoms with van der Waals surface area (Å²) in [5.74, 6) is 0. The lowest BCUT2D eigenvalue weighted by Gasteiger charge is -1.92. The average molecular weight is 300 g/mol. The smallest absolute Gasteiger partial charge is 0.151 e. The molecule has 0 heterocycles. The number of nitrogens with zero attached hydrogens (tertiary/aromatic N) is 1. The van der Waals surface area contributed by atoms with Gasteiger partial charge in [-0.3, -0.25) is 9.79 Å². The second-order valence-electron chi connectivity index (χ2n) is 2.94. The molecular weight excluding hydrogens is 278 g/mol. The molecule has 0 atom stereocenters. The zero-order valence-corrected chi connectivity index (χ0v) is 12.7. The molecule has 17 heavy (non-hydrogen) atoms. The van der Waals surface area contributed by atoms with Crippen LogP contribution in [-0.2, 0) is 4.79 Å². The van der Waals surface area contributed by atoms with E-state index in [0.29, 0.717) is 5.57 Å². The maximum absolute atomic E-state index is 10.7. The summed E-state index contributed by atoms with van der Waals surface area (Å²) in [4.78, 5) is 14.7. The van der Waals surface area contributed by atoms with E-state index >= 15 is 0 Å². The molecular formula is C14H22BrNO. The van der Waals surface area contributed by atoms with Gasteiger partial charge in [0.25, 0.3) is 0 Å². The predicted octanol–water partition coefficient (Wildman–Crippen LogP) is 4.47. The van der Waals surface area contributed by atoms with E-state index in [9.17, 15) is 4.79 Å². The number of allylic oxidation sites excluding steroid dienone is 5. The van der Waals surface area contributed by atoms with Crippen molar-refractivity contribution in [2.75, 3.05) is 5.33 Å². The summed E-state index contributed by atoms with van der Waals surface area (Å²) in [5, 5.41) is 0.763. The first-order chi connectivity index (χ1) is 8.24. The third kappa shape index (κ3) is 13.0. The van der Waals surface area contributed by atoms with Gasteiger partial charge in [0.2, 0.25) is 0 Å². The zero-order chi connectivity index (χ0) is 13.5. The van der Waals surface area contributed by atoms with E-state index < -0.39 is 0 Å². The number of aliphatic imine (C=N–C) groups is 1. The van der Waals surface area contributed by atoms with Crippen LogP contribution in [0, 0.1) is 0 Å². The summed E-state index contributed by atoms with van der Waals surface area (Å²) in [7, 11) is 0. The lowest BCUT2D eigenvalue weighted by Crippen LogP contribution is -1.86. The Kier molecular flexibility index (Phi) is 16.3. The van der Waals surface area contributed by atoms with Gasteiger partial charge >= 0.3 is 0 Å². The van der Waals surface area contributed by atoms with Crippen molar-refractivity contribution in [2.24, 2.45) is 4.99 Å². The molecule has 0 radical (unpaired) electrons. The van der Waals surface area contributed by atoms with Gasteiger partial charge in [-0.15, -0.1) is 0 Å². The van der Waals surface area contributed by atoms with E-state index in [-0.39, 0.29) is 0 Å². The Morgan fingerprint density at radius 1 is 1.35 bits per heavy atom. The number of hydrogen-bond donors (Lipinski definition) is 0. The summed E-state index contributed by atoms with van der Waals surface area (Å²) in [6.07, 6.45) is 10.7. The molecule has 0 N–H and O–H groups in total. The number of carbonyl (C=O) groups excluding carboxylic acids is 1. The fourth-order valence-electron chi connectivity index (χ4n) is 0.975. The molecule has 96 valence electrons. The van der Waals surface area contributed by atoms with E-state index in [1.165, 1.54) is 0 Å². The van der Waals surface area contributed by atoms with Crippen LogP contribution < -0.4 is 0 Å². The highest BCUT2D eigenvalue weighted by molar-refractivity contribution is 9.09. The fourth-order valence-corrected chi connectivity index (χ4v) is 1.14. The number of rotatable bonds is 6. The summed E-state index contributed by atoms with van der Waals surface area (Å²) in [6.45, 7) is 8.03. The second kappa shape index (κ2) is 15.0. The van der Waals surface area contributed by atoms with Gasteiger partial charge in [0.15, 0.2) is 6.29 Å². The minimum Gasteiger partial charge on any atom is -0.298 e.